The van der Waals surface area contributed by atoms with Gasteiger partial charge in [-0.2, -0.15) is 13.6 Å². The van der Waals surface area contributed by atoms with Gasteiger partial charge >= 0.3 is 0 Å². The Morgan fingerprint density at radius 3 is 2.53 bits per heavy atom. The van der Waals surface area contributed by atoms with Crippen LogP contribution >= 0.6 is 11.6 Å². The van der Waals surface area contributed by atoms with Gasteiger partial charge in [-0.15, -0.1) is 10.2 Å². The predicted molar refractivity (Wildman–Crippen MR) is 136 cm³/mol. The normalized spacial score (nSPS) is 11.2. The van der Waals surface area contributed by atoms with Crippen LogP contribution < -0.4 is 14.2 Å². The first-order valence-electron chi connectivity index (χ1n) is 10.9. The quantitative estimate of drug-likeness (QED) is 0.269. The molecule has 0 spiro atoms. The van der Waals surface area contributed by atoms with E-state index in [-0.39, 0.29) is 39.1 Å². The predicted octanol–water partition coefficient (Wildman–Crippen LogP) is 3.68. The third kappa shape index (κ3) is 5.21. The summed E-state index contributed by atoms with van der Waals surface area (Å²) in [5, 5.41) is 13.3. The molecule has 0 unspecified atom stereocenters. The minimum absolute atomic E-state index is 0.0871. The standard InChI is InChI=1S/C23H18ClN9O4S/c1-13-7-8-18(26-12-13)38(34,35)31-23-19(37-17-6-4-3-5-16(17)36-2)20(24)27-21(28-23)14-9-10-25-15(11-14)22-29-32-33-30-22/h3-12H,1-2H3,(H,27,28,31)(H,29,30,32,33). The van der Waals surface area contributed by atoms with Gasteiger partial charge in [-0.25, -0.2) is 15.0 Å². The maximum atomic E-state index is 13.2. The summed E-state index contributed by atoms with van der Waals surface area (Å²) < 4.78 is 40.2. The van der Waals surface area contributed by atoms with Crippen molar-refractivity contribution < 1.29 is 17.9 Å². The second-order valence-electron chi connectivity index (χ2n) is 7.71. The first-order valence-corrected chi connectivity index (χ1v) is 12.7. The Hall–Kier alpha value is -4.69. The molecule has 2 N–H and O–H groups in total. The maximum Gasteiger partial charge on any atom is 0.280 e. The number of aromatic amines is 1. The highest BCUT2D eigenvalue weighted by molar-refractivity contribution is 7.92. The molecular formula is C23H18ClN9O4S. The summed E-state index contributed by atoms with van der Waals surface area (Å²) >= 11 is 6.54. The number of aromatic nitrogens is 8. The molecule has 0 aliphatic carbocycles. The Morgan fingerprint density at radius 1 is 1.00 bits per heavy atom. The monoisotopic (exact) mass is 551 g/mol. The van der Waals surface area contributed by atoms with E-state index in [1.54, 1.807) is 49.4 Å². The van der Waals surface area contributed by atoms with Crippen molar-refractivity contribution in [3.05, 3.63) is 71.6 Å². The summed E-state index contributed by atoms with van der Waals surface area (Å²) in [6, 6.07) is 13.0. The van der Waals surface area contributed by atoms with Crippen molar-refractivity contribution in [2.75, 3.05) is 11.8 Å². The number of rotatable bonds is 8. The van der Waals surface area contributed by atoms with Crippen molar-refractivity contribution in [3.63, 3.8) is 0 Å². The minimum atomic E-state index is -4.19. The van der Waals surface area contributed by atoms with Crippen molar-refractivity contribution in [1.29, 1.82) is 0 Å². The van der Waals surface area contributed by atoms with Crippen LogP contribution in [0.15, 0.2) is 66.0 Å². The number of hydrogen-bond donors (Lipinski definition) is 2. The number of nitrogens with zero attached hydrogens (tertiary/aromatic N) is 7. The topological polar surface area (TPSA) is 171 Å². The molecule has 0 radical (unpaired) electrons. The molecule has 5 aromatic rings. The fraction of sp³-hybridized carbons (Fsp3) is 0.0870. The third-order valence-electron chi connectivity index (χ3n) is 5.09. The zero-order valence-corrected chi connectivity index (χ0v) is 21.4. The number of methoxy groups -OCH3 is 1. The molecule has 0 amide bonds. The van der Waals surface area contributed by atoms with Crippen molar-refractivity contribution >= 4 is 27.4 Å². The summed E-state index contributed by atoms with van der Waals surface area (Å²) in [6.45, 7) is 1.80. The van der Waals surface area contributed by atoms with E-state index in [1.165, 1.54) is 25.6 Å². The van der Waals surface area contributed by atoms with Gasteiger partial charge in [-0.3, -0.25) is 9.71 Å². The summed E-state index contributed by atoms with van der Waals surface area (Å²) in [5.74, 6) is 0.643. The van der Waals surface area contributed by atoms with E-state index >= 15 is 0 Å². The summed E-state index contributed by atoms with van der Waals surface area (Å²) in [7, 11) is -2.71. The average Bonchev–Trinajstić information content (AvgIpc) is 3.46. The molecular weight excluding hydrogens is 534 g/mol. The van der Waals surface area contributed by atoms with Crippen LogP contribution in [0.4, 0.5) is 5.82 Å². The van der Waals surface area contributed by atoms with Gasteiger partial charge in [0.2, 0.25) is 11.6 Å². The van der Waals surface area contributed by atoms with Crippen molar-refractivity contribution in [1.82, 2.24) is 40.6 Å². The first kappa shape index (κ1) is 25.0. The zero-order chi connectivity index (χ0) is 26.7. The number of anilines is 1. The van der Waals surface area contributed by atoms with Gasteiger partial charge in [0.25, 0.3) is 10.0 Å². The van der Waals surface area contributed by atoms with Gasteiger partial charge in [-0.05, 0) is 48.0 Å². The van der Waals surface area contributed by atoms with Crippen molar-refractivity contribution in [3.8, 4) is 40.2 Å². The molecule has 0 atom stereocenters. The van der Waals surface area contributed by atoms with E-state index < -0.39 is 10.0 Å². The number of tetrazole rings is 1. The molecule has 4 aromatic heterocycles. The van der Waals surface area contributed by atoms with E-state index in [2.05, 4.69) is 45.3 Å². The summed E-state index contributed by atoms with van der Waals surface area (Å²) in [5.41, 5.74) is 1.64. The number of sulfonamides is 1. The second-order valence-corrected chi connectivity index (χ2v) is 9.70. The molecule has 0 aliphatic rings. The highest BCUT2D eigenvalue weighted by atomic mass is 35.5. The lowest BCUT2D eigenvalue weighted by molar-refractivity contribution is 0.378. The first-order chi connectivity index (χ1) is 18.3. The Kier molecular flexibility index (Phi) is 6.81. The van der Waals surface area contributed by atoms with Gasteiger partial charge < -0.3 is 9.47 Å². The Morgan fingerprint density at radius 2 is 1.82 bits per heavy atom. The van der Waals surface area contributed by atoms with Gasteiger partial charge in [0.05, 0.1) is 7.11 Å². The fourth-order valence-corrected chi connectivity index (χ4v) is 4.42. The lowest BCUT2D eigenvalue weighted by Crippen LogP contribution is -2.17. The van der Waals surface area contributed by atoms with E-state index in [9.17, 15) is 8.42 Å². The highest BCUT2D eigenvalue weighted by Crippen LogP contribution is 2.40. The largest absolute Gasteiger partial charge is 0.493 e. The van der Waals surface area contributed by atoms with Gasteiger partial charge in [-0.1, -0.05) is 29.8 Å². The SMILES string of the molecule is COc1ccccc1Oc1c(Cl)nc(-c2ccnc(-c3nn[nH]n3)c2)nc1NS(=O)(=O)c1ccc(C)cn1. The number of halogens is 1. The van der Waals surface area contributed by atoms with Gasteiger partial charge in [0, 0.05) is 18.0 Å². The van der Waals surface area contributed by atoms with E-state index in [1.807, 2.05) is 0 Å². The Balaban J connectivity index is 1.62. The Bertz CT molecular complexity index is 1700. The van der Waals surface area contributed by atoms with Crippen LogP contribution in [0.2, 0.25) is 5.15 Å². The van der Waals surface area contributed by atoms with Gasteiger partial charge in [0.15, 0.2) is 33.3 Å². The van der Waals surface area contributed by atoms with Crippen molar-refractivity contribution in [2.45, 2.75) is 11.9 Å². The maximum absolute atomic E-state index is 13.2. The average molecular weight is 552 g/mol. The Labute approximate surface area is 221 Å². The minimum Gasteiger partial charge on any atom is -0.493 e. The molecule has 13 nitrogen and oxygen atoms in total. The van der Waals surface area contributed by atoms with E-state index in [4.69, 9.17) is 21.1 Å². The molecule has 4 heterocycles. The molecule has 0 saturated carbocycles. The fourth-order valence-electron chi connectivity index (χ4n) is 3.28. The van der Waals surface area contributed by atoms with E-state index in [0.29, 0.717) is 17.0 Å². The van der Waals surface area contributed by atoms with Crippen LogP contribution in [-0.2, 0) is 10.0 Å². The summed E-state index contributed by atoms with van der Waals surface area (Å²) in [6.07, 6.45) is 2.94. The van der Waals surface area contributed by atoms with E-state index in [0.717, 1.165) is 5.56 Å². The van der Waals surface area contributed by atoms with Crippen LogP contribution in [0.3, 0.4) is 0 Å². The van der Waals surface area contributed by atoms with Gasteiger partial charge in [0.1, 0.15) is 5.69 Å². The molecule has 0 bridgehead atoms. The lowest BCUT2D eigenvalue weighted by Gasteiger charge is -2.16. The van der Waals surface area contributed by atoms with Crippen LogP contribution in [0.1, 0.15) is 5.56 Å². The molecule has 38 heavy (non-hydrogen) atoms. The number of nitrogens with one attached hydrogen (secondary N) is 2. The second kappa shape index (κ2) is 10.4. The van der Waals surface area contributed by atoms with Crippen LogP contribution in [0.25, 0.3) is 22.9 Å². The molecule has 192 valence electrons. The number of ether oxygens (including phenoxy) is 2. The number of aryl methyl sites for hydroxylation is 1. The molecule has 0 saturated heterocycles. The number of pyridine rings is 2. The van der Waals surface area contributed by atoms with Crippen LogP contribution in [0, 0.1) is 6.92 Å². The zero-order valence-electron chi connectivity index (χ0n) is 19.8. The van der Waals surface area contributed by atoms with Crippen molar-refractivity contribution in [2.24, 2.45) is 0 Å². The molecule has 5 rings (SSSR count). The smallest absolute Gasteiger partial charge is 0.280 e. The molecule has 15 heteroatoms. The number of para-hydroxylation sites is 2. The highest BCUT2D eigenvalue weighted by Gasteiger charge is 2.24. The van der Waals surface area contributed by atoms with Crippen LogP contribution in [0.5, 0.6) is 17.2 Å². The molecule has 1 aromatic carbocycles. The van der Waals surface area contributed by atoms with Crippen LogP contribution in [-0.4, -0.2) is 56.1 Å². The number of H-pyrrole nitrogens is 1. The number of hydrogen-bond acceptors (Lipinski definition) is 11. The molecule has 0 fully saturated rings. The lowest BCUT2D eigenvalue weighted by atomic mass is 10.2. The number of benzene rings is 1. The third-order valence-corrected chi connectivity index (χ3v) is 6.60. The summed E-state index contributed by atoms with van der Waals surface area (Å²) in [4.78, 5) is 17.0. The molecule has 0 aliphatic heterocycles.